The molecule has 1 fully saturated rings. The summed E-state index contributed by atoms with van der Waals surface area (Å²) in [7, 11) is 0. The molecule has 0 bridgehead atoms. The highest BCUT2D eigenvalue weighted by molar-refractivity contribution is 5.72. The van der Waals surface area contributed by atoms with E-state index < -0.39 is 0 Å². The second kappa shape index (κ2) is 6.82. The molecule has 1 saturated heterocycles. The van der Waals surface area contributed by atoms with E-state index in [-0.39, 0.29) is 5.91 Å². The van der Waals surface area contributed by atoms with Crippen LogP contribution in [-0.4, -0.2) is 37.0 Å². The van der Waals surface area contributed by atoms with E-state index in [9.17, 15) is 4.79 Å². The number of likely N-dealkylation sites (tertiary alicyclic amines) is 1. The average molecular weight is 198 g/mol. The van der Waals surface area contributed by atoms with Crippen LogP contribution in [0.15, 0.2) is 0 Å². The molecule has 0 spiro atoms. The number of carbonyl (C=O) groups excluding carboxylic acids is 1. The van der Waals surface area contributed by atoms with Crippen molar-refractivity contribution in [2.75, 3.05) is 26.2 Å². The van der Waals surface area contributed by atoms with Crippen molar-refractivity contribution in [2.24, 2.45) is 0 Å². The van der Waals surface area contributed by atoms with Crippen molar-refractivity contribution >= 4 is 5.91 Å². The Kier molecular flexibility index (Phi) is 5.60. The molecular formula is C11H22N2O. The molecule has 3 nitrogen and oxygen atoms in total. The highest BCUT2D eigenvalue weighted by Gasteiger charge is 2.07. The Bertz CT molecular complexity index is 163. The molecule has 0 unspecified atom stereocenters. The summed E-state index contributed by atoms with van der Waals surface area (Å²) in [5, 5.41) is 2.84. The summed E-state index contributed by atoms with van der Waals surface area (Å²) in [6.07, 6.45) is 6.56. The fraction of sp³-hybridized carbons (Fsp3) is 0.909. The second-order valence-electron chi connectivity index (χ2n) is 4.09. The van der Waals surface area contributed by atoms with Crippen LogP contribution in [0.5, 0.6) is 0 Å². The topological polar surface area (TPSA) is 32.3 Å². The Balaban J connectivity index is 2.01. The van der Waals surface area contributed by atoms with Gasteiger partial charge in [0.15, 0.2) is 0 Å². The lowest BCUT2D eigenvalue weighted by Crippen LogP contribution is -2.29. The maximum Gasteiger partial charge on any atom is 0.216 e. The summed E-state index contributed by atoms with van der Waals surface area (Å²) >= 11 is 0. The van der Waals surface area contributed by atoms with Gasteiger partial charge >= 0.3 is 0 Å². The Morgan fingerprint density at radius 2 is 1.86 bits per heavy atom. The van der Waals surface area contributed by atoms with Crippen LogP contribution < -0.4 is 5.32 Å². The fourth-order valence-corrected chi connectivity index (χ4v) is 1.93. The standard InChI is InChI=1S/C11H22N2O/c1-11(14)12-7-6-10-13-8-4-2-3-5-9-13/h2-10H2,1H3,(H,12,14). The molecule has 1 N–H and O–H groups in total. The summed E-state index contributed by atoms with van der Waals surface area (Å²) in [6, 6.07) is 0. The van der Waals surface area contributed by atoms with E-state index in [1.54, 1.807) is 6.92 Å². The zero-order chi connectivity index (χ0) is 10.2. The first kappa shape index (κ1) is 11.5. The summed E-state index contributed by atoms with van der Waals surface area (Å²) in [5.74, 6) is 0.0841. The SMILES string of the molecule is CC(=O)NCCCN1CCCCCC1. The molecule has 1 heterocycles. The third-order valence-corrected chi connectivity index (χ3v) is 2.72. The number of rotatable bonds is 4. The van der Waals surface area contributed by atoms with Gasteiger partial charge in [-0.25, -0.2) is 0 Å². The van der Waals surface area contributed by atoms with Crippen LogP contribution in [0.3, 0.4) is 0 Å². The maximum absolute atomic E-state index is 10.6. The molecule has 3 heteroatoms. The van der Waals surface area contributed by atoms with E-state index in [1.807, 2.05) is 0 Å². The van der Waals surface area contributed by atoms with E-state index >= 15 is 0 Å². The van der Waals surface area contributed by atoms with Crippen LogP contribution in [0.2, 0.25) is 0 Å². The van der Waals surface area contributed by atoms with Crippen molar-refractivity contribution in [3.63, 3.8) is 0 Å². The van der Waals surface area contributed by atoms with Gasteiger partial charge in [-0.1, -0.05) is 12.8 Å². The first-order valence-corrected chi connectivity index (χ1v) is 5.76. The lowest BCUT2D eigenvalue weighted by Gasteiger charge is -2.19. The molecule has 1 amide bonds. The molecule has 0 aromatic heterocycles. The summed E-state index contributed by atoms with van der Waals surface area (Å²) in [5.41, 5.74) is 0. The number of hydrogen-bond donors (Lipinski definition) is 1. The molecule has 0 radical (unpaired) electrons. The molecule has 82 valence electrons. The third-order valence-electron chi connectivity index (χ3n) is 2.72. The van der Waals surface area contributed by atoms with Crippen molar-refractivity contribution in [1.82, 2.24) is 10.2 Å². The molecule has 0 atom stereocenters. The minimum absolute atomic E-state index is 0.0841. The molecule has 14 heavy (non-hydrogen) atoms. The molecule has 1 aliphatic heterocycles. The largest absolute Gasteiger partial charge is 0.356 e. The van der Waals surface area contributed by atoms with Crippen LogP contribution in [-0.2, 0) is 4.79 Å². The zero-order valence-corrected chi connectivity index (χ0v) is 9.22. The number of nitrogens with zero attached hydrogens (tertiary/aromatic N) is 1. The highest BCUT2D eigenvalue weighted by atomic mass is 16.1. The van der Waals surface area contributed by atoms with Gasteiger partial charge in [-0.2, -0.15) is 0 Å². The Morgan fingerprint density at radius 1 is 1.21 bits per heavy atom. The number of carbonyl (C=O) groups is 1. The van der Waals surface area contributed by atoms with Crippen LogP contribution in [0.4, 0.5) is 0 Å². The number of amides is 1. The fourth-order valence-electron chi connectivity index (χ4n) is 1.93. The van der Waals surface area contributed by atoms with Crippen molar-refractivity contribution in [1.29, 1.82) is 0 Å². The van der Waals surface area contributed by atoms with Gasteiger partial charge in [0.2, 0.25) is 5.91 Å². The van der Waals surface area contributed by atoms with Gasteiger partial charge in [0.05, 0.1) is 0 Å². The van der Waals surface area contributed by atoms with E-state index in [1.165, 1.54) is 38.8 Å². The van der Waals surface area contributed by atoms with E-state index in [0.29, 0.717) is 0 Å². The minimum Gasteiger partial charge on any atom is -0.356 e. The predicted octanol–water partition coefficient (Wildman–Crippen LogP) is 1.39. The van der Waals surface area contributed by atoms with Gasteiger partial charge in [-0.05, 0) is 38.9 Å². The normalized spacial score (nSPS) is 18.9. The summed E-state index contributed by atoms with van der Waals surface area (Å²) < 4.78 is 0. The maximum atomic E-state index is 10.6. The van der Waals surface area contributed by atoms with E-state index in [4.69, 9.17) is 0 Å². The van der Waals surface area contributed by atoms with E-state index in [2.05, 4.69) is 10.2 Å². The third kappa shape index (κ3) is 5.22. The van der Waals surface area contributed by atoms with Gasteiger partial charge in [-0.15, -0.1) is 0 Å². The van der Waals surface area contributed by atoms with E-state index in [0.717, 1.165) is 19.5 Å². The zero-order valence-electron chi connectivity index (χ0n) is 9.22. The van der Waals surface area contributed by atoms with Crippen LogP contribution in [0, 0.1) is 0 Å². The highest BCUT2D eigenvalue weighted by Crippen LogP contribution is 2.09. The molecule has 0 saturated carbocycles. The molecule has 0 aromatic rings. The second-order valence-corrected chi connectivity index (χ2v) is 4.09. The monoisotopic (exact) mass is 198 g/mol. The first-order chi connectivity index (χ1) is 6.79. The summed E-state index contributed by atoms with van der Waals surface area (Å²) in [4.78, 5) is 13.1. The van der Waals surface area contributed by atoms with Gasteiger partial charge < -0.3 is 10.2 Å². The van der Waals surface area contributed by atoms with Gasteiger partial charge in [-0.3, -0.25) is 4.79 Å². The quantitative estimate of drug-likeness (QED) is 0.692. The predicted molar refractivity (Wildman–Crippen MR) is 58.2 cm³/mol. The van der Waals surface area contributed by atoms with Crippen molar-refractivity contribution in [3.8, 4) is 0 Å². The minimum atomic E-state index is 0.0841. The smallest absolute Gasteiger partial charge is 0.216 e. The van der Waals surface area contributed by atoms with Gasteiger partial charge in [0, 0.05) is 13.5 Å². The van der Waals surface area contributed by atoms with Crippen LogP contribution >= 0.6 is 0 Å². The Morgan fingerprint density at radius 3 is 2.43 bits per heavy atom. The Labute approximate surface area is 86.9 Å². The van der Waals surface area contributed by atoms with Gasteiger partial charge in [0.25, 0.3) is 0 Å². The van der Waals surface area contributed by atoms with Crippen LogP contribution in [0.25, 0.3) is 0 Å². The van der Waals surface area contributed by atoms with Crippen molar-refractivity contribution in [3.05, 3.63) is 0 Å². The number of nitrogens with one attached hydrogen (secondary N) is 1. The lowest BCUT2D eigenvalue weighted by molar-refractivity contribution is -0.118. The molecule has 1 aliphatic rings. The number of hydrogen-bond acceptors (Lipinski definition) is 2. The Hall–Kier alpha value is -0.570. The average Bonchev–Trinajstić information content (AvgIpc) is 2.40. The van der Waals surface area contributed by atoms with Crippen molar-refractivity contribution < 1.29 is 4.79 Å². The molecule has 0 aliphatic carbocycles. The molecular weight excluding hydrogens is 176 g/mol. The lowest BCUT2D eigenvalue weighted by atomic mass is 10.2. The van der Waals surface area contributed by atoms with Crippen molar-refractivity contribution in [2.45, 2.75) is 39.0 Å². The van der Waals surface area contributed by atoms with Crippen LogP contribution in [0.1, 0.15) is 39.0 Å². The van der Waals surface area contributed by atoms with Gasteiger partial charge in [0.1, 0.15) is 0 Å². The molecule has 0 aromatic carbocycles. The molecule has 1 rings (SSSR count). The summed E-state index contributed by atoms with van der Waals surface area (Å²) in [6.45, 7) is 6.04. The first-order valence-electron chi connectivity index (χ1n) is 5.76.